The van der Waals surface area contributed by atoms with Gasteiger partial charge >= 0.3 is 0 Å². The fourth-order valence-electron chi connectivity index (χ4n) is 3.78. The van der Waals surface area contributed by atoms with Crippen molar-refractivity contribution in [3.8, 4) is 0 Å². The number of thioether (sulfide) groups is 1. The highest BCUT2D eigenvalue weighted by molar-refractivity contribution is 7.99. The smallest absolute Gasteiger partial charge is 0.243 e. The zero-order valence-electron chi connectivity index (χ0n) is 20.9. The van der Waals surface area contributed by atoms with Crippen molar-refractivity contribution in [2.75, 3.05) is 5.75 Å². The van der Waals surface area contributed by atoms with Crippen molar-refractivity contribution < 1.29 is 14.0 Å². The normalized spacial score (nSPS) is 12.6. The molecule has 0 radical (unpaired) electrons. The van der Waals surface area contributed by atoms with Gasteiger partial charge in [0.05, 0.1) is 5.75 Å². The minimum Gasteiger partial charge on any atom is -0.352 e. The lowest BCUT2D eigenvalue weighted by Gasteiger charge is -2.32. The van der Waals surface area contributed by atoms with Crippen LogP contribution in [0.4, 0.5) is 4.39 Å². The second-order valence-corrected chi connectivity index (χ2v) is 10.7. The van der Waals surface area contributed by atoms with Crippen LogP contribution in [0.5, 0.6) is 0 Å². The molecule has 0 unspecified atom stereocenters. The van der Waals surface area contributed by atoms with Crippen LogP contribution in [0, 0.1) is 5.82 Å². The van der Waals surface area contributed by atoms with E-state index < -0.39 is 6.04 Å². The van der Waals surface area contributed by atoms with Crippen molar-refractivity contribution >= 4 is 46.8 Å². The molecule has 0 aliphatic rings. The Hall–Kier alpha value is -2.54. The predicted octanol–water partition coefficient (Wildman–Crippen LogP) is 6.92. The molecule has 0 aliphatic heterocycles. The summed E-state index contributed by atoms with van der Waals surface area (Å²) >= 11 is 14.0. The second-order valence-electron chi connectivity index (χ2n) is 8.86. The number of carbonyl (C=O) groups excluding carboxylic acids is 2. The van der Waals surface area contributed by atoms with E-state index in [0.29, 0.717) is 22.2 Å². The molecule has 0 fully saturated rings. The molecule has 0 saturated carbocycles. The highest BCUT2D eigenvalue weighted by Gasteiger charge is 2.31. The van der Waals surface area contributed by atoms with E-state index in [1.54, 1.807) is 35.2 Å². The van der Waals surface area contributed by atoms with Crippen molar-refractivity contribution in [1.82, 2.24) is 10.2 Å². The third-order valence-electron chi connectivity index (χ3n) is 6.07. The Morgan fingerprint density at radius 1 is 0.946 bits per heavy atom. The maximum atomic E-state index is 13.7. The maximum absolute atomic E-state index is 13.7. The zero-order valence-corrected chi connectivity index (χ0v) is 23.3. The molecule has 3 aromatic rings. The molecule has 2 atom stereocenters. The van der Waals surface area contributed by atoms with E-state index in [9.17, 15) is 14.0 Å². The second kappa shape index (κ2) is 14.4. The van der Waals surface area contributed by atoms with Crippen molar-refractivity contribution in [2.24, 2.45) is 0 Å². The Bertz CT molecular complexity index is 1160. The van der Waals surface area contributed by atoms with Gasteiger partial charge in [0.25, 0.3) is 0 Å². The summed E-state index contributed by atoms with van der Waals surface area (Å²) in [6.07, 6.45) is 1.13. The van der Waals surface area contributed by atoms with Crippen molar-refractivity contribution in [3.63, 3.8) is 0 Å². The van der Waals surface area contributed by atoms with Crippen LogP contribution in [0.25, 0.3) is 0 Å². The predicted molar refractivity (Wildman–Crippen MR) is 151 cm³/mol. The molecule has 0 heterocycles. The Morgan fingerprint density at radius 2 is 1.59 bits per heavy atom. The topological polar surface area (TPSA) is 49.4 Å². The number of hydrogen-bond acceptors (Lipinski definition) is 3. The van der Waals surface area contributed by atoms with Gasteiger partial charge in [-0.05, 0) is 54.3 Å². The van der Waals surface area contributed by atoms with Gasteiger partial charge in [0, 0.05) is 34.8 Å². The van der Waals surface area contributed by atoms with Crippen LogP contribution >= 0.6 is 35.0 Å². The highest BCUT2D eigenvalue weighted by Crippen LogP contribution is 2.28. The van der Waals surface area contributed by atoms with Gasteiger partial charge in [-0.25, -0.2) is 4.39 Å². The number of nitrogens with zero attached hydrogens (tertiary/aromatic N) is 1. The lowest BCUT2D eigenvalue weighted by Crippen LogP contribution is -2.52. The largest absolute Gasteiger partial charge is 0.352 e. The number of nitrogens with one attached hydrogen (secondary N) is 1. The van der Waals surface area contributed by atoms with Crippen molar-refractivity contribution in [1.29, 1.82) is 0 Å². The van der Waals surface area contributed by atoms with Crippen LogP contribution in [0.1, 0.15) is 37.0 Å². The van der Waals surface area contributed by atoms with Crippen LogP contribution in [-0.4, -0.2) is 34.6 Å². The first-order chi connectivity index (χ1) is 17.8. The summed E-state index contributed by atoms with van der Waals surface area (Å²) in [4.78, 5) is 28.7. The monoisotopic (exact) mass is 560 g/mol. The average molecular weight is 562 g/mol. The summed E-state index contributed by atoms with van der Waals surface area (Å²) in [7, 11) is 0. The number of carbonyl (C=O) groups is 2. The zero-order chi connectivity index (χ0) is 26.8. The summed E-state index contributed by atoms with van der Waals surface area (Å²) in [5.41, 5.74) is 2.45. The minimum atomic E-state index is -0.738. The van der Waals surface area contributed by atoms with E-state index in [2.05, 4.69) is 5.32 Å². The van der Waals surface area contributed by atoms with E-state index in [0.717, 1.165) is 23.1 Å². The Morgan fingerprint density at radius 3 is 2.22 bits per heavy atom. The molecule has 0 aromatic heterocycles. The molecule has 4 nitrogen and oxygen atoms in total. The van der Waals surface area contributed by atoms with Gasteiger partial charge in [0.2, 0.25) is 11.8 Å². The summed E-state index contributed by atoms with van der Waals surface area (Å²) in [6, 6.07) is 20.1. The van der Waals surface area contributed by atoms with Gasteiger partial charge in [-0.3, -0.25) is 9.59 Å². The molecular formula is C29H31Cl2FN2O2S. The van der Waals surface area contributed by atoms with E-state index in [1.165, 1.54) is 23.9 Å². The Kier molecular flexibility index (Phi) is 11.3. The molecule has 0 saturated heterocycles. The lowest BCUT2D eigenvalue weighted by atomic mass is 10.0. The SMILES string of the molecule is CC[C@@H](C)NC(=O)[C@H](Cc1ccccc1)N(Cc1ccc(F)cc1)C(=O)CSCc1c(Cl)cccc1Cl. The third kappa shape index (κ3) is 8.77. The molecule has 3 aromatic carbocycles. The number of benzene rings is 3. The van der Waals surface area contributed by atoms with E-state index in [1.807, 2.05) is 44.2 Å². The lowest BCUT2D eigenvalue weighted by molar-refractivity contribution is -0.139. The van der Waals surface area contributed by atoms with E-state index >= 15 is 0 Å². The number of rotatable bonds is 12. The molecule has 2 amide bonds. The molecular weight excluding hydrogens is 530 g/mol. The minimum absolute atomic E-state index is 0.0368. The van der Waals surface area contributed by atoms with Crippen LogP contribution in [-0.2, 0) is 28.3 Å². The van der Waals surface area contributed by atoms with Crippen molar-refractivity contribution in [2.45, 2.75) is 51.1 Å². The molecule has 0 bridgehead atoms. The molecule has 8 heteroatoms. The van der Waals surface area contributed by atoms with Crippen LogP contribution in [0.15, 0.2) is 72.8 Å². The van der Waals surface area contributed by atoms with Crippen LogP contribution in [0.2, 0.25) is 10.0 Å². The fraction of sp³-hybridized carbons (Fsp3) is 0.310. The quantitative estimate of drug-likeness (QED) is 0.261. The van der Waals surface area contributed by atoms with Gasteiger partial charge in [-0.1, -0.05) is 78.7 Å². The first kappa shape index (κ1) is 29.0. The average Bonchev–Trinajstić information content (AvgIpc) is 2.89. The van der Waals surface area contributed by atoms with Gasteiger partial charge in [-0.15, -0.1) is 11.8 Å². The van der Waals surface area contributed by atoms with E-state index in [4.69, 9.17) is 23.2 Å². The molecule has 0 spiro atoms. The number of amides is 2. The van der Waals surface area contributed by atoms with Gasteiger partial charge in [-0.2, -0.15) is 0 Å². The van der Waals surface area contributed by atoms with E-state index in [-0.39, 0.29) is 36.0 Å². The third-order valence-corrected chi connectivity index (χ3v) is 7.72. The summed E-state index contributed by atoms with van der Waals surface area (Å²) in [6.45, 7) is 4.11. The van der Waals surface area contributed by atoms with Gasteiger partial charge in [0.15, 0.2) is 0 Å². The van der Waals surface area contributed by atoms with Crippen LogP contribution < -0.4 is 5.32 Å². The maximum Gasteiger partial charge on any atom is 0.243 e. The summed E-state index contributed by atoms with van der Waals surface area (Å²) in [5, 5.41) is 4.14. The summed E-state index contributed by atoms with van der Waals surface area (Å²) < 4.78 is 13.6. The molecule has 37 heavy (non-hydrogen) atoms. The Balaban J connectivity index is 1.87. The standard InChI is InChI=1S/C29H31Cl2FN2O2S/c1-3-20(2)33-29(36)27(16-21-8-5-4-6-9-21)34(17-22-12-14-23(32)15-13-22)28(35)19-37-18-24-25(30)10-7-11-26(24)31/h4-15,20,27H,3,16-19H2,1-2H3,(H,33,36)/t20-,27+/m1/s1. The number of hydrogen-bond donors (Lipinski definition) is 1. The van der Waals surface area contributed by atoms with Crippen LogP contribution in [0.3, 0.4) is 0 Å². The van der Waals surface area contributed by atoms with Gasteiger partial charge in [0.1, 0.15) is 11.9 Å². The molecule has 196 valence electrons. The highest BCUT2D eigenvalue weighted by atomic mass is 35.5. The fourth-order valence-corrected chi connectivity index (χ4v) is 5.42. The van der Waals surface area contributed by atoms with Gasteiger partial charge < -0.3 is 10.2 Å². The summed E-state index contributed by atoms with van der Waals surface area (Å²) in [5.74, 6) is -0.184. The Labute approximate surface area is 232 Å². The van der Waals surface area contributed by atoms with Crippen molar-refractivity contribution in [3.05, 3.63) is 105 Å². The molecule has 3 rings (SSSR count). The molecule has 1 N–H and O–H groups in total. The number of halogens is 3. The first-order valence-electron chi connectivity index (χ1n) is 12.2. The first-order valence-corrected chi connectivity index (χ1v) is 14.1. The molecule has 0 aliphatic carbocycles.